The molecule has 0 aromatic heterocycles. The van der Waals surface area contributed by atoms with Crippen molar-refractivity contribution in [1.82, 2.24) is 15.5 Å². The zero-order chi connectivity index (χ0) is 18.7. The third-order valence-electron chi connectivity index (χ3n) is 4.73. The number of aliphatic imine (C=N–C) groups is 1. The van der Waals surface area contributed by atoms with E-state index in [-0.39, 0.29) is 5.41 Å². The lowest BCUT2D eigenvalue weighted by Gasteiger charge is -2.40. The lowest BCUT2D eigenvalue weighted by Crippen LogP contribution is -2.48. The van der Waals surface area contributed by atoms with Gasteiger partial charge in [0.05, 0.1) is 6.10 Å². The van der Waals surface area contributed by atoms with Crippen LogP contribution in [0.3, 0.4) is 0 Å². The molecule has 1 heterocycles. The fourth-order valence-electron chi connectivity index (χ4n) is 3.41. The van der Waals surface area contributed by atoms with Crippen molar-refractivity contribution in [2.24, 2.45) is 16.3 Å². The van der Waals surface area contributed by atoms with Crippen LogP contribution in [-0.4, -0.2) is 77.6 Å². The number of hydrogen-bond donors (Lipinski definition) is 2. The van der Waals surface area contributed by atoms with Gasteiger partial charge in [-0.25, -0.2) is 0 Å². The molecule has 0 bridgehead atoms. The number of hydrogen-bond acceptors (Lipinski definition) is 4. The van der Waals surface area contributed by atoms with E-state index in [0.717, 1.165) is 58.2 Å². The first-order chi connectivity index (χ1) is 11.9. The Morgan fingerprint density at radius 2 is 2.04 bits per heavy atom. The maximum Gasteiger partial charge on any atom is 0.191 e. The molecule has 0 aromatic rings. The molecular weight excluding hydrogens is 316 g/mol. The maximum absolute atomic E-state index is 6.06. The topological polar surface area (TPSA) is 58.1 Å². The van der Waals surface area contributed by atoms with Gasteiger partial charge in [-0.15, -0.1) is 0 Å². The molecular formula is C19H40N4O2. The highest BCUT2D eigenvalue weighted by molar-refractivity contribution is 5.79. The first-order valence-corrected chi connectivity index (χ1v) is 9.62. The highest BCUT2D eigenvalue weighted by atomic mass is 16.5. The van der Waals surface area contributed by atoms with Crippen molar-refractivity contribution in [1.29, 1.82) is 0 Å². The largest absolute Gasteiger partial charge is 0.385 e. The van der Waals surface area contributed by atoms with Crippen LogP contribution in [0.5, 0.6) is 0 Å². The molecule has 1 rings (SSSR count). The quantitative estimate of drug-likeness (QED) is 0.376. The van der Waals surface area contributed by atoms with Crippen molar-refractivity contribution in [3.63, 3.8) is 0 Å². The van der Waals surface area contributed by atoms with E-state index in [1.165, 1.54) is 6.42 Å². The fourth-order valence-corrected chi connectivity index (χ4v) is 3.41. The fraction of sp³-hybridized carbons (Fsp3) is 0.947. The Hall–Kier alpha value is -0.850. The number of rotatable bonds is 9. The first kappa shape index (κ1) is 22.2. The first-order valence-electron chi connectivity index (χ1n) is 9.62. The molecule has 148 valence electrons. The molecule has 25 heavy (non-hydrogen) atoms. The van der Waals surface area contributed by atoms with E-state index in [4.69, 9.17) is 9.47 Å². The Morgan fingerprint density at radius 3 is 2.68 bits per heavy atom. The van der Waals surface area contributed by atoms with Gasteiger partial charge in [-0.05, 0) is 31.7 Å². The standard InChI is InChI=1S/C19H40N4O2/c1-19(2,3)17-16(9-7-14-25-17)15-22-18(20-4)21-10-12-23(5)11-8-13-24-6/h16-17H,7-15H2,1-6H3,(H2,20,21,22). The number of ether oxygens (including phenoxy) is 2. The van der Waals surface area contributed by atoms with Crippen molar-refractivity contribution < 1.29 is 9.47 Å². The molecule has 2 N–H and O–H groups in total. The van der Waals surface area contributed by atoms with E-state index in [1.54, 1.807) is 7.11 Å². The van der Waals surface area contributed by atoms with Crippen LogP contribution in [0.25, 0.3) is 0 Å². The Labute approximate surface area is 154 Å². The van der Waals surface area contributed by atoms with E-state index in [1.807, 2.05) is 7.05 Å². The molecule has 6 nitrogen and oxygen atoms in total. The average Bonchev–Trinajstić information content (AvgIpc) is 2.57. The van der Waals surface area contributed by atoms with E-state index in [9.17, 15) is 0 Å². The summed E-state index contributed by atoms with van der Waals surface area (Å²) in [7, 11) is 5.72. The molecule has 2 unspecified atom stereocenters. The Kier molecular flexibility index (Phi) is 10.4. The molecule has 0 amide bonds. The van der Waals surface area contributed by atoms with Crippen LogP contribution in [0.2, 0.25) is 0 Å². The molecule has 0 radical (unpaired) electrons. The van der Waals surface area contributed by atoms with Crippen LogP contribution in [0.4, 0.5) is 0 Å². The zero-order valence-corrected chi connectivity index (χ0v) is 17.2. The summed E-state index contributed by atoms with van der Waals surface area (Å²) < 4.78 is 11.2. The summed E-state index contributed by atoms with van der Waals surface area (Å²) in [5.74, 6) is 1.41. The van der Waals surface area contributed by atoms with Crippen molar-refractivity contribution in [2.45, 2.75) is 46.1 Å². The Morgan fingerprint density at radius 1 is 1.28 bits per heavy atom. The third-order valence-corrected chi connectivity index (χ3v) is 4.73. The van der Waals surface area contributed by atoms with Gasteiger partial charge in [-0.2, -0.15) is 0 Å². The van der Waals surface area contributed by atoms with Crippen molar-refractivity contribution in [2.75, 3.05) is 60.6 Å². The smallest absolute Gasteiger partial charge is 0.191 e. The maximum atomic E-state index is 6.06. The van der Waals surface area contributed by atoms with Crippen LogP contribution in [0.1, 0.15) is 40.0 Å². The summed E-state index contributed by atoms with van der Waals surface area (Å²) in [6.07, 6.45) is 3.74. The molecule has 6 heteroatoms. The second-order valence-corrected chi connectivity index (χ2v) is 8.09. The van der Waals surface area contributed by atoms with Crippen molar-refractivity contribution >= 4 is 5.96 Å². The number of nitrogens with zero attached hydrogens (tertiary/aromatic N) is 2. The predicted molar refractivity (Wildman–Crippen MR) is 105 cm³/mol. The van der Waals surface area contributed by atoms with Gasteiger partial charge in [0, 0.05) is 59.5 Å². The molecule has 1 saturated heterocycles. The normalized spacial score (nSPS) is 22.3. The highest BCUT2D eigenvalue weighted by Crippen LogP contribution is 2.33. The minimum Gasteiger partial charge on any atom is -0.385 e. The lowest BCUT2D eigenvalue weighted by molar-refractivity contribution is -0.0835. The van der Waals surface area contributed by atoms with E-state index in [2.05, 4.69) is 48.3 Å². The van der Waals surface area contributed by atoms with Gasteiger partial charge in [-0.1, -0.05) is 20.8 Å². The summed E-state index contributed by atoms with van der Waals surface area (Å²) in [5.41, 5.74) is 0.175. The summed E-state index contributed by atoms with van der Waals surface area (Å²) in [4.78, 5) is 6.66. The molecule has 0 aliphatic carbocycles. The molecule has 2 atom stereocenters. The van der Waals surface area contributed by atoms with Gasteiger partial charge in [0.25, 0.3) is 0 Å². The number of methoxy groups -OCH3 is 1. The molecule has 1 aliphatic heterocycles. The van der Waals surface area contributed by atoms with Crippen LogP contribution in [-0.2, 0) is 9.47 Å². The van der Waals surface area contributed by atoms with E-state index < -0.39 is 0 Å². The molecule has 0 saturated carbocycles. The monoisotopic (exact) mass is 356 g/mol. The SMILES string of the molecule is CN=C(NCCN(C)CCCOC)NCC1CCCOC1C(C)(C)C. The Balaban J connectivity index is 2.31. The Bertz CT molecular complexity index is 382. The van der Waals surface area contributed by atoms with Gasteiger partial charge < -0.3 is 25.0 Å². The van der Waals surface area contributed by atoms with E-state index >= 15 is 0 Å². The van der Waals surface area contributed by atoms with E-state index in [0.29, 0.717) is 12.0 Å². The number of guanidine groups is 1. The van der Waals surface area contributed by atoms with Crippen LogP contribution in [0, 0.1) is 11.3 Å². The van der Waals surface area contributed by atoms with Crippen molar-refractivity contribution in [3.05, 3.63) is 0 Å². The second-order valence-electron chi connectivity index (χ2n) is 8.09. The lowest BCUT2D eigenvalue weighted by atomic mass is 9.78. The molecule has 0 spiro atoms. The average molecular weight is 357 g/mol. The molecule has 0 aromatic carbocycles. The molecule has 1 aliphatic rings. The highest BCUT2D eigenvalue weighted by Gasteiger charge is 2.35. The second kappa shape index (κ2) is 11.7. The van der Waals surface area contributed by atoms with Crippen LogP contribution in [0.15, 0.2) is 4.99 Å². The third kappa shape index (κ3) is 8.88. The zero-order valence-electron chi connectivity index (χ0n) is 17.2. The summed E-state index contributed by atoms with van der Waals surface area (Å²) in [6, 6.07) is 0. The minimum atomic E-state index is 0.175. The summed E-state index contributed by atoms with van der Waals surface area (Å²) in [5, 5.41) is 6.90. The van der Waals surface area contributed by atoms with Gasteiger partial charge in [0.2, 0.25) is 0 Å². The van der Waals surface area contributed by atoms with Crippen LogP contribution >= 0.6 is 0 Å². The predicted octanol–water partition coefficient (Wildman–Crippen LogP) is 1.96. The van der Waals surface area contributed by atoms with Crippen LogP contribution < -0.4 is 10.6 Å². The minimum absolute atomic E-state index is 0.175. The molecule has 1 fully saturated rings. The number of likely N-dealkylation sites (N-methyl/N-ethyl adjacent to an activating group) is 1. The summed E-state index contributed by atoms with van der Waals surface area (Å²) in [6.45, 7) is 12.3. The summed E-state index contributed by atoms with van der Waals surface area (Å²) >= 11 is 0. The number of nitrogens with one attached hydrogen (secondary N) is 2. The van der Waals surface area contributed by atoms with Gasteiger partial charge in [0.1, 0.15) is 0 Å². The van der Waals surface area contributed by atoms with Gasteiger partial charge >= 0.3 is 0 Å². The van der Waals surface area contributed by atoms with Gasteiger partial charge in [0.15, 0.2) is 5.96 Å². The van der Waals surface area contributed by atoms with Gasteiger partial charge in [-0.3, -0.25) is 4.99 Å². The van der Waals surface area contributed by atoms with Crippen molar-refractivity contribution in [3.8, 4) is 0 Å².